The average molecular weight is 906 g/mol. The van der Waals surface area contributed by atoms with Crippen LogP contribution < -0.4 is 0 Å². The average Bonchev–Trinajstić information content (AvgIpc) is 3.28. The highest BCUT2D eigenvalue weighted by Gasteiger charge is 2.19. The van der Waals surface area contributed by atoms with Gasteiger partial charge in [-0.25, -0.2) is 0 Å². The summed E-state index contributed by atoms with van der Waals surface area (Å²) in [6, 6.07) is 0. The maximum Gasteiger partial charge on any atom is 0.306 e. The van der Waals surface area contributed by atoms with Crippen molar-refractivity contribution in [1.29, 1.82) is 0 Å². The minimum atomic E-state index is -0.762. The number of carbonyl (C=O) groups is 3. The van der Waals surface area contributed by atoms with Crippen LogP contribution in [0.4, 0.5) is 0 Å². The molecule has 0 saturated heterocycles. The molecule has 0 bridgehead atoms. The minimum absolute atomic E-state index is 0.0627. The summed E-state index contributed by atoms with van der Waals surface area (Å²) in [5, 5.41) is 0. The summed E-state index contributed by atoms with van der Waals surface area (Å²) >= 11 is 0. The van der Waals surface area contributed by atoms with E-state index in [-0.39, 0.29) is 31.1 Å². The standard InChI is InChI=1S/C58H112O6/c1-6-8-9-10-11-12-21-28-33-38-43-48-56(59)62-51-55(52-63-57(60)49-44-39-34-29-24-19-15-13-17-22-26-31-36-41-46-53(3)4)64-58(61)50-45-40-35-30-25-20-16-14-18-23-27-32-37-42-47-54(5)7-2/h53-55H,6-52H2,1-5H3/t54?,55-/m0/s1. The van der Waals surface area contributed by atoms with E-state index in [0.29, 0.717) is 19.3 Å². The van der Waals surface area contributed by atoms with Gasteiger partial charge < -0.3 is 14.2 Å². The van der Waals surface area contributed by atoms with Crippen LogP contribution in [0.15, 0.2) is 0 Å². The molecule has 0 aromatic carbocycles. The van der Waals surface area contributed by atoms with Crippen molar-refractivity contribution in [3.63, 3.8) is 0 Å². The first-order chi connectivity index (χ1) is 31.3. The van der Waals surface area contributed by atoms with Crippen molar-refractivity contribution in [2.45, 2.75) is 330 Å². The Kier molecular flexibility index (Phi) is 49.6. The van der Waals surface area contributed by atoms with E-state index >= 15 is 0 Å². The number of carbonyl (C=O) groups excluding carboxylic acids is 3. The summed E-state index contributed by atoms with van der Waals surface area (Å²) in [7, 11) is 0. The Morgan fingerprint density at radius 2 is 0.594 bits per heavy atom. The first kappa shape index (κ1) is 62.4. The quantitative estimate of drug-likeness (QED) is 0.0344. The molecular weight excluding hydrogens is 793 g/mol. The zero-order valence-electron chi connectivity index (χ0n) is 43.9. The van der Waals surface area contributed by atoms with Crippen LogP contribution in [0.25, 0.3) is 0 Å². The van der Waals surface area contributed by atoms with E-state index in [1.807, 2.05) is 0 Å². The van der Waals surface area contributed by atoms with E-state index in [2.05, 4.69) is 34.6 Å². The number of esters is 3. The Morgan fingerprint density at radius 1 is 0.328 bits per heavy atom. The molecule has 0 saturated carbocycles. The van der Waals surface area contributed by atoms with Gasteiger partial charge in [0.15, 0.2) is 6.10 Å². The summed E-state index contributed by atoms with van der Waals surface area (Å²) < 4.78 is 16.9. The highest BCUT2D eigenvalue weighted by molar-refractivity contribution is 5.71. The molecule has 0 aromatic rings. The van der Waals surface area contributed by atoms with Crippen molar-refractivity contribution >= 4 is 17.9 Å². The van der Waals surface area contributed by atoms with Gasteiger partial charge in [-0.15, -0.1) is 0 Å². The van der Waals surface area contributed by atoms with Crippen molar-refractivity contribution in [2.75, 3.05) is 13.2 Å². The maximum atomic E-state index is 12.8. The molecule has 0 aromatic heterocycles. The van der Waals surface area contributed by atoms with E-state index < -0.39 is 6.10 Å². The van der Waals surface area contributed by atoms with Gasteiger partial charge in [-0.05, 0) is 31.1 Å². The molecule has 6 nitrogen and oxygen atoms in total. The van der Waals surface area contributed by atoms with Crippen LogP contribution in [-0.2, 0) is 28.6 Å². The van der Waals surface area contributed by atoms with Crippen molar-refractivity contribution < 1.29 is 28.6 Å². The largest absolute Gasteiger partial charge is 0.462 e. The van der Waals surface area contributed by atoms with Crippen molar-refractivity contribution in [3.05, 3.63) is 0 Å². The van der Waals surface area contributed by atoms with E-state index in [1.54, 1.807) is 0 Å². The molecule has 380 valence electrons. The van der Waals surface area contributed by atoms with Gasteiger partial charge in [0.25, 0.3) is 0 Å². The third-order valence-electron chi connectivity index (χ3n) is 13.6. The molecule has 1 unspecified atom stereocenters. The fraction of sp³-hybridized carbons (Fsp3) is 0.948. The lowest BCUT2D eigenvalue weighted by Gasteiger charge is -2.18. The van der Waals surface area contributed by atoms with E-state index in [1.165, 1.54) is 212 Å². The maximum absolute atomic E-state index is 12.8. The second kappa shape index (κ2) is 50.8. The Labute approximate surface area is 399 Å². The molecule has 0 amide bonds. The third-order valence-corrected chi connectivity index (χ3v) is 13.6. The van der Waals surface area contributed by atoms with Gasteiger partial charge in [0.05, 0.1) is 0 Å². The highest BCUT2D eigenvalue weighted by atomic mass is 16.6. The number of hydrogen-bond acceptors (Lipinski definition) is 6. The Bertz CT molecular complexity index is 980. The van der Waals surface area contributed by atoms with Gasteiger partial charge >= 0.3 is 17.9 Å². The third kappa shape index (κ3) is 49.8. The van der Waals surface area contributed by atoms with Gasteiger partial charge in [-0.2, -0.15) is 0 Å². The first-order valence-corrected chi connectivity index (χ1v) is 28.8. The van der Waals surface area contributed by atoms with Crippen LogP contribution in [0.2, 0.25) is 0 Å². The number of ether oxygens (including phenoxy) is 3. The van der Waals surface area contributed by atoms with Crippen molar-refractivity contribution in [1.82, 2.24) is 0 Å². The predicted molar refractivity (Wildman–Crippen MR) is 275 cm³/mol. The van der Waals surface area contributed by atoms with E-state index in [4.69, 9.17) is 14.2 Å². The molecular formula is C58H112O6. The molecule has 0 radical (unpaired) electrons. The van der Waals surface area contributed by atoms with Crippen LogP contribution in [0, 0.1) is 11.8 Å². The molecule has 0 N–H and O–H groups in total. The van der Waals surface area contributed by atoms with Crippen LogP contribution in [-0.4, -0.2) is 37.2 Å². The van der Waals surface area contributed by atoms with Crippen LogP contribution in [0.3, 0.4) is 0 Å². The van der Waals surface area contributed by atoms with Crippen LogP contribution in [0.1, 0.15) is 324 Å². The molecule has 0 fully saturated rings. The summed E-state index contributed by atoms with van der Waals surface area (Å²) in [4.78, 5) is 38.1. The molecule has 0 heterocycles. The van der Waals surface area contributed by atoms with Gasteiger partial charge in [-0.1, -0.05) is 285 Å². The molecule has 0 aliphatic heterocycles. The smallest absolute Gasteiger partial charge is 0.306 e. The molecule has 6 heteroatoms. The molecule has 0 aliphatic carbocycles. The molecule has 64 heavy (non-hydrogen) atoms. The fourth-order valence-electron chi connectivity index (χ4n) is 8.84. The number of rotatable bonds is 52. The Morgan fingerprint density at radius 3 is 0.891 bits per heavy atom. The lowest BCUT2D eigenvalue weighted by atomic mass is 9.99. The first-order valence-electron chi connectivity index (χ1n) is 28.8. The summed E-state index contributed by atoms with van der Waals surface area (Å²) in [6.45, 7) is 11.4. The minimum Gasteiger partial charge on any atom is -0.462 e. The lowest BCUT2D eigenvalue weighted by Crippen LogP contribution is -2.30. The topological polar surface area (TPSA) is 78.9 Å². The van der Waals surface area contributed by atoms with Gasteiger partial charge in [0, 0.05) is 19.3 Å². The van der Waals surface area contributed by atoms with E-state index in [0.717, 1.165) is 69.6 Å². The Balaban J connectivity index is 4.27. The van der Waals surface area contributed by atoms with Gasteiger partial charge in [0.2, 0.25) is 0 Å². The zero-order chi connectivity index (χ0) is 46.8. The van der Waals surface area contributed by atoms with E-state index in [9.17, 15) is 14.4 Å². The van der Waals surface area contributed by atoms with Crippen molar-refractivity contribution in [2.24, 2.45) is 11.8 Å². The normalized spacial score (nSPS) is 12.5. The summed E-state index contributed by atoms with van der Waals surface area (Å²) in [5.74, 6) is 0.899. The van der Waals surface area contributed by atoms with Crippen LogP contribution in [0.5, 0.6) is 0 Å². The number of unbranched alkanes of at least 4 members (excludes halogenated alkanes) is 36. The van der Waals surface area contributed by atoms with Gasteiger partial charge in [-0.3, -0.25) is 14.4 Å². The fourth-order valence-corrected chi connectivity index (χ4v) is 8.84. The molecule has 0 spiro atoms. The van der Waals surface area contributed by atoms with Crippen molar-refractivity contribution in [3.8, 4) is 0 Å². The monoisotopic (exact) mass is 905 g/mol. The Hall–Kier alpha value is -1.59. The summed E-state index contributed by atoms with van der Waals surface area (Å²) in [6.07, 6.45) is 53.7. The lowest BCUT2D eigenvalue weighted by molar-refractivity contribution is -0.167. The number of hydrogen-bond donors (Lipinski definition) is 0. The molecule has 2 atom stereocenters. The SMILES string of the molecule is CCCCCCCCCCCCCC(=O)OC[C@@H](COC(=O)CCCCCCCCCCCCCCCCC(C)C)OC(=O)CCCCCCCCCCCCCCCCC(C)CC. The zero-order valence-corrected chi connectivity index (χ0v) is 43.9. The second-order valence-electron chi connectivity index (χ2n) is 20.6. The molecule has 0 rings (SSSR count). The molecule has 0 aliphatic rings. The van der Waals surface area contributed by atoms with Gasteiger partial charge in [0.1, 0.15) is 13.2 Å². The highest BCUT2D eigenvalue weighted by Crippen LogP contribution is 2.18. The predicted octanol–water partition coefficient (Wildman–Crippen LogP) is 18.9. The summed E-state index contributed by atoms with van der Waals surface area (Å²) in [5.41, 5.74) is 0. The second-order valence-corrected chi connectivity index (χ2v) is 20.6. The van der Waals surface area contributed by atoms with Crippen LogP contribution >= 0.6 is 0 Å².